The van der Waals surface area contributed by atoms with E-state index in [2.05, 4.69) is 9.98 Å². The van der Waals surface area contributed by atoms with Gasteiger partial charge in [0.1, 0.15) is 0 Å². The van der Waals surface area contributed by atoms with Crippen molar-refractivity contribution in [1.82, 2.24) is 4.98 Å². The van der Waals surface area contributed by atoms with Crippen LogP contribution in [0.3, 0.4) is 0 Å². The molecule has 0 saturated carbocycles. The molecule has 0 bridgehead atoms. The number of rotatable bonds is 3. The summed E-state index contributed by atoms with van der Waals surface area (Å²) in [5.74, 6) is -0.370. The first kappa shape index (κ1) is 10.6. The van der Waals surface area contributed by atoms with Crippen molar-refractivity contribution in [2.75, 3.05) is 6.61 Å². The van der Waals surface area contributed by atoms with Crippen LogP contribution in [0.5, 0.6) is 0 Å². The topological polar surface area (TPSA) is 60.8 Å². The Kier molecular flexibility index (Phi) is 3.14. The van der Waals surface area contributed by atoms with E-state index in [1.807, 2.05) is 6.07 Å². The molecule has 2 atom stereocenters. The highest BCUT2D eigenvalue weighted by molar-refractivity contribution is 5.80. The lowest BCUT2D eigenvalue weighted by Crippen LogP contribution is -2.26. The number of carbonyl (C=O) groups excluding carboxylic acids is 1. The highest BCUT2D eigenvalue weighted by atomic mass is 16.5. The Morgan fingerprint density at radius 1 is 1.62 bits per heavy atom. The molecule has 1 aromatic rings. The number of hydrogen-bond acceptors (Lipinski definition) is 5. The third-order valence-electron chi connectivity index (χ3n) is 2.26. The number of pyridine rings is 1. The first-order valence-corrected chi connectivity index (χ1v) is 5.06. The molecule has 5 nitrogen and oxygen atoms in total. The van der Waals surface area contributed by atoms with E-state index >= 15 is 0 Å². The van der Waals surface area contributed by atoms with Crippen LogP contribution in [-0.4, -0.2) is 30.0 Å². The fraction of sp³-hybridized carbons (Fsp3) is 0.364. The van der Waals surface area contributed by atoms with E-state index < -0.39 is 12.1 Å². The summed E-state index contributed by atoms with van der Waals surface area (Å²) >= 11 is 0. The van der Waals surface area contributed by atoms with Crippen molar-refractivity contribution < 1.29 is 14.3 Å². The smallest absolute Gasteiger partial charge is 0.335 e. The Labute approximate surface area is 93.1 Å². The molecule has 84 valence electrons. The predicted molar refractivity (Wildman–Crippen MR) is 57.0 cm³/mol. The van der Waals surface area contributed by atoms with Crippen molar-refractivity contribution in [2.45, 2.75) is 19.1 Å². The highest BCUT2D eigenvalue weighted by Crippen LogP contribution is 2.26. The maximum atomic E-state index is 11.6. The largest absolute Gasteiger partial charge is 0.473 e. The van der Waals surface area contributed by atoms with Gasteiger partial charge in [0.25, 0.3) is 0 Å². The molecular weight excluding hydrogens is 208 g/mol. The molecule has 0 fully saturated rings. The molecule has 0 aromatic carbocycles. The van der Waals surface area contributed by atoms with Crippen LogP contribution in [0.4, 0.5) is 0 Å². The number of carbonyl (C=O) groups is 1. The SMILES string of the molecule is CCOC(=O)[C@H]1N=CO[C@@H]1c1cccnc1. The van der Waals surface area contributed by atoms with Gasteiger partial charge in [-0.1, -0.05) is 6.07 Å². The normalized spacial score (nSPS) is 22.8. The van der Waals surface area contributed by atoms with Crippen LogP contribution < -0.4 is 0 Å². The Morgan fingerprint density at radius 2 is 2.50 bits per heavy atom. The zero-order chi connectivity index (χ0) is 11.4. The molecule has 0 unspecified atom stereocenters. The highest BCUT2D eigenvalue weighted by Gasteiger charge is 2.35. The lowest BCUT2D eigenvalue weighted by Gasteiger charge is -2.15. The number of aromatic nitrogens is 1. The quantitative estimate of drug-likeness (QED) is 0.716. The Morgan fingerprint density at radius 3 is 3.19 bits per heavy atom. The molecule has 1 aliphatic heterocycles. The molecule has 0 radical (unpaired) electrons. The van der Waals surface area contributed by atoms with Crippen LogP contribution in [0.25, 0.3) is 0 Å². The van der Waals surface area contributed by atoms with E-state index in [1.165, 1.54) is 6.40 Å². The van der Waals surface area contributed by atoms with Crippen molar-refractivity contribution in [3.05, 3.63) is 30.1 Å². The lowest BCUT2D eigenvalue weighted by atomic mass is 10.1. The molecule has 2 rings (SSSR count). The third kappa shape index (κ3) is 2.03. The van der Waals surface area contributed by atoms with Crippen LogP contribution in [0.2, 0.25) is 0 Å². The van der Waals surface area contributed by atoms with Gasteiger partial charge in [-0.2, -0.15) is 0 Å². The predicted octanol–water partition coefficient (Wildman–Crippen LogP) is 1.11. The molecule has 16 heavy (non-hydrogen) atoms. The number of aliphatic imine (C=N–C) groups is 1. The molecule has 1 aliphatic rings. The molecule has 0 amide bonds. The second-order valence-electron chi connectivity index (χ2n) is 3.29. The van der Waals surface area contributed by atoms with Crippen LogP contribution in [0, 0.1) is 0 Å². The standard InChI is InChI=1S/C11H12N2O3/c1-2-15-11(14)9-10(16-7-13-9)8-4-3-5-12-6-8/h3-7,9-10H,2H2,1H3/t9-,10+/m0/s1. The van der Waals surface area contributed by atoms with Crippen LogP contribution in [0.15, 0.2) is 29.5 Å². The number of ether oxygens (including phenoxy) is 2. The van der Waals surface area contributed by atoms with E-state index in [0.29, 0.717) is 6.61 Å². The minimum absolute atomic E-state index is 0.338. The Balaban J connectivity index is 2.14. The average molecular weight is 220 g/mol. The molecule has 5 heteroatoms. The van der Waals surface area contributed by atoms with Crippen molar-refractivity contribution >= 4 is 12.4 Å². The number of nitrogens with zero attached hydrogens (tertiary/aromatic N) is 2. The second kappa shape index (κ2) is 4.74. The van der Waals surface area contributed by atoms with Crippen molar-refractivity contribution in [2.24, 2.45) is 4.99 Å². The molecule has 0 saturated heterocycles. The molecule has 2 heterocycles. The van der Waals surface area contributed by atoms with Crippen molar-refractivity contribution in [3.63, 3.8) is 0 Å². The summed E-state index contributed by atoms with van der Waals surface area (Å²) in [6.07, 6.45) is 4.19. The van der Waals surface area contributed by atoms with Gasteiger partial charge in [0.05, 0.1) is 6.61 Å². The second-order valence-corrected chi connectivity index (χ2v) is 3.29. The lowest BCUT2D eigenvalue weighted by molar-refractivity contribution is -0.146. The molecule has 0 aliphatic carbocycles. The molecule has 1 aromatic heterocycles. The number of hydrogen-bond donors (Lipinski definition) is 0. The minimum atomic E-state index is -0.621. The molecule has 0 spiro atoms. The van der Waals surface area contributed by atoms with Gasteiger partial charge in [0, 0.05) is 18.0 Å². The van der Waals surface area contributed by atoms with Gasteiger partial charge in [-0.15, -0.1) is 0 Å². The molecular formula is C11H12N2O3. The Bertz CT molecular complexity index is 391. The van der Waals surface area contributed by atoms with Gasteiger partial charge in [-0.3, -0.25) is 4.98 Å². The molecule has 0 N–H and O–H groups in total. The summed E-state index contributed by atoms with van der Waals surface area (Å²) in [5, 5.41) is 0. The van der Waals surface area contributed by atoms with E-state index in [4.69, 9.17) is 9.47 Å². The minimum Gasteiger partial charge on any atom is -0.473 e. The first-order chi connectivity index (χ1) is 7.83. The number of esters is 1. The maximum Gasteiger partial charge on any atom is 0.335 e. The summed E-state index contributed by atoms with van der Waals surface area (Å²) in [6, 6.07) is 3.02. The summed E-state index contributed by atoms with van der Waals surface area (Å²) in [6.45, 7) is 2.10. The fourth-order valence-corrected chi connectivity index (χ4v) is 1.54. The van der Waals surface area contributed by atoms with Crippen LogP contribution in [-0.2, 0) is 14.3 Å². The van der Waals surface area contributed by atoms with Crippen molar-refractivity contribution in [3.8, 4) is 0 Å². The van der Waals surface area contributed by atoms with E-state index in [1.54, 1.807) is 25.4 Å². The van der Waals surface area contributed by atoms with Gasteiger partial charge >= 0.3 is 5.97 Å². The third-order valence-corrected chi connectivity index (χ3v) is 2.26. The van der Waals surface area contributed by atoms with Gasteiger partial charge in [-0.25, -0.2) is 9.79 Å². The Hall–Kier alpha value is -1.91. The van der Waals surface area contributed by atoms with Crippen LogP contribution in [0.1, 0.15) is 18.6 Å². The summed E-state index contributed by atoms with van der Waals surface area (Å²) in [5.41, 5.74) is 0.818. The monoisotopic (exact) mass is 220 g/mol. The van der Waals surface area contributed by atoms with Gasteiger partial charge in [0.15, 0.2) is 18.5 Å². The van der Waals surface area contributed by atoms with E-state index in [9.17, 15) is 4.79 Å². The summed E-state index contributed by atoms with van der Waals surface area (Å²) in [7, 11) is 0. The summed E-state index contributed by atoms with van der Waals surface area (Å²) in [4.78, 5) is 19.5. The van der Waals surface area contributed by atoms with E-state index in [0.717, 1.165) is 5.56 Å². The first-order valence-electron chi connectivity index (χ1n) is 5.06. The van der Waals surface area contributed by atoms with Gasteiger partial charge in [0.2, 0.25) is 0 Å². The zero-order valence-corrected chi connectivity index (χ0v) is 8.87. The van der Waals surface area contributed by atoms with Gasteiger partial charge in [-0.05, 0) is 13.0 Å². The van der Waals surface area contributed by atoms with E-state index in [-0.39, 0.29) is 5.97 Å². The van der Waals surface area contributed by atoms with Crippen molar-refractivity contribution in [1.29, 1.82) is 0 Å². The van der Waals surface area contributed by atoms with Crippen LogP contribution >= 0.6 is 0 Å². The summed E-state index contributed by atoms with van der Waals surface area (Å²) < 4.78 is 10.2. The maximum absolute atomic E-state index is 11.6. The average Bonchev–Trinajstić information content (AvgIpc) is 2.79. The van der Waals surface area contributed by atoms with Gasteiger partial charge < -0.3 is 9.47 Å². The zero-order valence-electron chi connectivity index (χ0n) is 8.87. The fourth-order valence-electron chi connectivity index (χ4n) is 1.54.